The molecule has 9 nitrogen and oxygen atoms in total. The molecule has 0 unspecified atom stereocenters. The highest BCUT2D eigenvalue weighted by Gasteiger charge is 2.38. The topological polar surface area (TPSA) is 106 Å². The molecule has 33 heavy (non-hydrogen) atoms. The molecule has 1 amide bonds. The molecule has 3 aromatic rings. The fourth-order valence-corrected chi connectivity index (χ4v) is 5.86. The lowest BCUT2D eigenvalue weighted by Crippen LogP contribution is -2.49. The molecule has 11 heteroatoms. The molecule has 1 atom stereocenters. The van der Waals surface area contributed by atoms with Crippen molar-refractivity contribution in [1.29, 1.82) is 0 Å². The molecule has 176 valence electrons. The molecular formula is C22H26ClN5O4S. The van der Waals surface area contributed by atoms with Crippen molar-refractivity contribution in [2.24, 2.45) is 0 Å². The number of nitrogens with one attached hydrogen (secondary N) is 1. The van der Waals surface area contributed by atoms with Gasteiger partial charge in [0.1, 0.15) is 11.6 Å². The minimum Gasteiger partial charge on any atom is -0.383 e. The Morgan fingerprint density at radius 3 is 2.88 bits per heavy atom. The first-order valence-electron chi connectivity index (χ1n) is 10.7. The number of fused-ring (bicyclic) bond motifs is 1. The zero-order chi connectivity index (χ0) is 23.6. The monoisotopic (exact) mass is 491 g/mol. The maximum atomic E-state index is 13.5. The third-order valence-electron chi connectivity index (χ3n) is 5.88. The van der Waals surface area contributed by atoms with Crippen LogP contribution >= 0.6 is 11.6 Å². The minimum atomic E-state index is -3.92. The van der Waals surface area contributed by atoms with Gasteiger partial charge in [-0.05, 0) is 55.7 Å². The van der Waals surface area contributed by atoms with E-state index < -0.39 is 16.1 Å². The van der Waals surface area contributed by atoms with Crippen LogP contribution in [0.1, 0.15) is 24.8 Å². The average molecular weight is 492 g/mol. The Kier molecular flexibility index (Phi) is 6.99. The number of amides is 1. The summed E-state index contributed by atoms with van der Waals surface area (Å²) < 4.78 is 35.1. The third-order valence-corrected chi connectivity index (χ3v) is 8.19. The Balaban J connectivity index is 1.61. The molecule has 1 aliphatic rings. The summed E-state index contributed by atoms with van der Waals surface area (Å²) >= 11 is 6.16. The third kappa shape index (κ3) is 4.74. The largest absolute Gasteiger partial charge is 0.383 e. The van der Waals surface area contributed by atoms with Crippen molar-refractivity contribution in [2.45, 2.75) is 43.7 Å². The summed E-state index contributed by atoms with van der Waals surface area (Å²) in [6.45, 7) is 3.06. The Morgan fingerprint density at radius 2 is 2.09 bits per heavy atom. The predicted molar refractivity (Wildman–Crippen MR) is 126 cm³/mol. The van der Waals surface area contributed by atoms with Gasteiger partial charge in [0, 0.05) is 24.4 Å². The first-order valence-corrected chi connectivity index (χ1v) is 12.5. The molecule has 1 fully saturated rings. The number of benzene rings is 2. The molecule has 2 heterocycles. The number of halogens is 1. The Bertz CT molecular complexity index is 1280. The van der Waals surface area contributed by atoms with E-state index in [1.54, 1.807) is 36.1 Å². The van der Waals surface area contributed by atoms with Crippen molar-refractivity contribution in [2.75, 3.05) is 25.6 Å². The van der Waals surface area contributed by atoms with E-state index in [2.05, 4.69) is 15.6 Å². The number of sulfonamides is 1. The van der Waals surface area contributed by atoms with Gasteiger partial charge in [0.15, 0.2) is 0 Å². The van der Waals surface area contributed by atoms with Crippen LogP contribution in [0.4, 0.5) is 5.69 Å². The van der Waals surface area contributed by atoms with Crippen LogP contribution in [-0.4, -0.2) is 59.9 Å². The molecule has 0 radical (unpaired) electrons. The van der Waals surface area contributed by atoms with E-state index in [-0.39, 0.29) is 17.3 Å². The maximum absolute atomic E-state index is 13.5. The van der Waals surface area contributed by atoms with Crippen molar-refractivity contribution in [3.8, 4) is 0 Å². The van der Waals surface area contributed by atoms with Crippen LogP contribution in [0.25, 0.3) is 11.0 Å². The lowest BCUT2D eigenvalue weighted by atomic mass is 10.0. The van der Waals surface area contributed by atoms with Gasteiger partial charge in [-0.3, -0.25) is 4.79 Å². The number of aromatic nitrogens is 3. The van der Waals surface area contributed by atoms with Crippen LogP contribution in [0.15, 0.2) is 41.3 Å². The van der Waals surface area contributed by atoms with E-state index in [4.69, 9.17) is 16.3 Å². The maximum Gasteiger partial charge on any atom is 0.243 e. The number of methoxy groups -OCH3 is 1. The molecular weight excluding hydrogens is 466 g/mol. The van der Waals surface area contributed by atoms with Crippen LogP contribution in [-0.2, 0) is 26.1 Å². The number of ether oxygens (including phenoxy) is 1. The highest BCUT2D eigenvalue weighted by molar-refractivity contribution is 7.89. The Labute approximate surface area is 197 Å². The van der Waals surface area contributed by atoms with E-state index in [0.29, 0.717) is 42.2 Å². The van der Waals surface area contributed by atoms with Crippen LogP contribution in [0.5, 0.6) is 0 Å². The summed E-state index contributed by atoms with van der Waals surface area (Å²) in [4.78, 5) is 13.2. The van der Waals surface area contributed by atoms with E-state index in [1.165, 1.54) is 16.4 Å². The quantitative estimate of drug-likeness (QED) is 0.544. The molecule has 4 rings (SSSR count). The number of piperidine rings is 1. The summed E-state index contributed by atoms with van der Waals surface area (Å²) in [6, 6.07) is 9.16. The van der Waals surface area contributed by atoms with Crippen LogP contribution in [0.2, 0.25) is 5.02 Å². The molecule has 0 aliphatic carbocycles. The van der Waals surface area contributed by atoms with Gasteiger partial charge in [0.2, 0.25) is 15.9 Å². The molecule has 0 saturated carbocycles. The van der Waals surface area contributed by atoms with Gasteiger partial charge < -0.3 is 10.1 Å². The number of carbonyl (C=O) groups is 1. The first-order chi connectivity index (χ1) is 15.8. The van der Waals surface area contributed by atoms with E-state index in [1.807, 2.05) is 6.92 Å². The molecule has 2 aromatic carbocycles. The predicted octanol–water partition coefficient (Wildman–Crippen LogP) is 3.22. The fourth-order valence-electron chi connectivity index (χ4n) is 4.00. The van der Waals surface area contributed by atoms with Crippen molar-refractivity contribution >= 4 is 44.3 Å². The van der Waals surface area contributed by atoms with Gasteiger partial charge in [-0.2, -0.15) is 4.31 Å². The van der Waals surface area contributed by atoms with Crippen molar-refractivity contribution in [3.05, 3.63) is 47.0 Å². The van der Waals surface area contributed by atoms with Gasteiger partial charge in [-0.1, -0.05) is 29.3 Å². The normalized spacial score (nSPS) is 17.4. The minimum absolute atomic E-state index is 0.0902. The van der Waals surface area contributed by atoms with Crippen LogP contribution in [0.3, 0.4) is 0 Å². The fraction of sp³-hybridized carbons (Fsp3) is 0.409. The van der Waals surface area contributed by atoms with E-state index in [9.17, 15) is 13.2 Å². The molecule has 1 aromatic heterocycles. The summed E-state index contributed by atoms with van der Waals surface area (Å²) in [5, 5.41) is 11.6. The Morgan fingerprint density at radius 1 is 1.27 bits per heavy atom. The highest BCUT2D eigenvalue weighted by Crippen LogP contribution is 2.29. The number of hydrogen-bond donors (Lipinski definition) is 1. The first kappa shape index (κ1) is 23.6. The van der Waals surface area contributed by atoms with Crippen LogP contribution < -0.4 is 5.32 Å². The summed E-state index contributed by atoms with van der Waals surface area (Å²) in [5.41, 5.74) is 2.50. The zero-order valence-corrected chi connectivity index (χ0v) is 20.1. The van der Waals surface area contributed by atoms with Gasteiger partial charge in [0.25, 0.3) is 0 Å². The number of hydrogen-bond acceptors (Lipinski definition) is 6. The van der Waals surface area contributed by atoms with Gasteiger partial charge in [-0.25, -0.2) is 13.1 Å². The second-order valence-corrected chi connectivity index (χ2v) is 10.3. The molecule has 1 aliphatic heterocycles. The SMILES string of the molecule is COCCn1nnc2cc(S(=O)(=O)N3CCCC[C@@H]3C(=O)Nc3cccc(Cl)c3C)ccc21. The van der Waals surface area contributed by atoms with Gasteiger partial charge in [0.05, 0.1) is 23.6 Å². The number of rotatable bonds is 7. The number of nitrogens with zero attached hydrogens (tertiary/aromatic N) is 4. The van der Waals surface area contributed by atoms with E-state index in [0.717, 1.165) is 17.5 Å². The lowest BCUT2D eigenvalue weighted by molar-refractivity contribution is -0.120. The molecule has 0 spiro atoms. The average Bonchev–Trinajstić information content (AvgIpc) is 3.23. The zero-order valence-electron chi connectivity index (χ0n) is 18.5. The smallest absolute Gasteiger partial charge is 0.243 e. The number of anilines is 1. The lowest BCUT2D eigenvalue weighted by Gasteiger charge is -2.33. The van der Waals surface area contributed by atoms with Crippen LogP contribution in [0, 0.1) is 6.92 Å². The van der Waals surface area contributed by atoms with E-state index >= 15 is 0 Å². The summed E-state index contributed by atoms with van der Waals surface area (Å²) in [6.07, 6.45) is 1.90. The van der Waals surface area contributed by atoms with Gasteiger partial charge >= 0.3 is 0 Å². The highest BCUT2D eigenvalue weighted by atomic mass is 35.5. The van der Waals surface area contributed by atoms with Crippen molar-refractivity contribution in [3.63, 3.8) is 0 Å². The summed E-state index contributed by atoms with van der Waals surface area (Å²) in [5.74, 6) is -0.366. The Hall–Kier alpha value is -2.53. The van der Waals surface area contributed by atoms with Crippen molar-refractivity contribution in [1.82, 2.24) is 19.3 Å². The second-order valence-electron chi connectivity index (χ2n) is 7.98. The standard InChI is InChI=1S/C22H26ClN5O4S/c1-15-17(23)6-5-7-18(15)24-22(29)21-8-3-4-11-28(21)33(30,31)16-9-10-20-19(14-16)25-26-27(20)12-13-32-2/h5-7,9-10,14,21H,3-4,8,11-13H2,1-2H3,(H,24,29)/t21-/m1/s1. The van der Waals surface area contributed by atoms with Crippen molar-refractivity contribution < 1.29 is 17.9 Å². The second kappa shape index (κ2) is 9.76. The molecule has 1 saturated heterocycles. The molecule has 0 bridgehead atoms. The summed E-state index contributed by atoms with van der Waals surface area (Å²) in [7, 11) is -2.32. The van der Waals surface area contributed by atoms with Gasteiger partial charge in [-0.15, -0.1) is 5.10 Å². The molecule has 1 N–H and O–H groups in total. The number of carbonyl (C=O) groups excluding carboxylic acids is 1.